The Morgan fingerprint density at radius 2 is 1.85 bits per heavy atom. The number of piperidine rings is 1. The van der Waals surface area contributed by atoms with Gasteiger partial charge in [-0.1, -0.05) is 0 Å². The molecule has 1 saturated heterocycles. The maximum Gasteiger partial charge on any atom is 0.410 e. The van der Waals surface area contributed by atoms with E-state index in [1.165, 1.54) is 15.6 Å². The van der Waals surface area contributed by atoms with Crippen LogP contribution in [0.2, 0.25) is 0 Å². The van der Waals surface area contributed by atoms with Crippen molar-refractivity contribution in [1.29, 1.82) is 5.26 Å². The summed E-state index contributed by atoms with van der Waals surface area (Å²) in [5, 5.41) is 13.1. The second-order valence-corrected chi connectivity index (χ2v) is 7.59. The highest BCUT2D eigenvalue weighted by molar-refractivity contribution is 5.68. The normalized spacial score (nSPS) is 15.4. The Morgan fingerprint density at radius 3 is 2.41 bits per heavy atom. The lowest BCUT2D eigenvalue weighted by atomic mass is 10.1. The molecule has 0 saturated carbocycles. The van der Waals surface area contributed by atoms with Gasteiger partial charge in [0.1, 0.15) is 11.9 Å². The molecule has 1 aliphatic rings. The number of ether oxygens (including phenoxy) is 1. The average molecular weight is 369 g/mol. The van der Waals surface area contributed by atoms with Gasteiger partial charge in [-0.2, -0.15) is 10.4 Å². The summed E-state index contributed by atoms with van der Waals surface area (Å²) >= 11 is 0. The van der Waals surface area contributed by atoms with Crippen LogP contribution in [0.15, 0.2) is 35.4 Å². The Bertz CT molecular complexity index is 907. The van der Waals surface area contributed by atoms with Gasteiger partial charge in [-0.05, 0) is 57.9 Å². The third-order valence-electron chi connectivity index (χ3n) is 4.43. The van der Waals surface area contributed by atoms with Gasteiger partial charge in [0.25, 0.3) is 0 Å². The summed E-state index contributed by atoms with van der Waals surface area (Å²) in [4.78, 5) is 26.5. The molecule has 1 aromatic carbocycles. The SMILES string of the molecule is CC(C)(C)OC(=O)N1CCC(n2ncn(-c3ccc(C#N)cc3)c2=O)CC1. The van der Waals surface area contributed by atoms with E-state index in [9.17, 15) is 9.59 Å². The lowest BCUT2D eigenvalue weighted by molar-refractivity contribution is 0.0183. The van der Waals surface area contributed by atoms with E-state index in [1.807, 2.05) is 20.8 Å². The maximum atomic E-state index is 12.7. The van der Waals surface area contributed by atoms with Crippen molar-refractivity contribution in [2.45, 2.75) is 45.3 Å². The third-order valence-corrected chi connectivity index (χ3v) is 4.43. The summed E-state index contributed by atoms with van der Waals surface area (Å²) in [5.74, 6) is 0. The number of carbonyl (C=O) groups excluding carboxylic acids is 1. The van der Waals surface area contributed by atoms with Gasteiger partial charge in [0.2, 0.25) is 0 Å². The number of rotatable bonds is 2. The van der Waals surface area contributed by atoms with Crippen molar-refractivity contribution in [2.75, 3.05) is 13.1 Å². The van der Waals surface area contributed by atoms with Crippen molar-refractivity contribution in [2.24, 2.45) is 0 Å². The zero-order valence-electron chi connectivity index (χ0n) is 15.8. The fourth-order valence-electron chi connectivity index (χ4n) is 3.06. The highest BCUT2D eigenvalue weighted by atomic mass is 16.6. The van der Waals surface area contributed by atoms with Crippen LogP contribution in [0.4, 0.5) is 4.79 Å². The Hall–Kier alpha value is -3.08. The lowest BCUT2D eigenvalue weighted by Crippen LogP contribution is -2.43. The molecule has 1 aliphatic heterocycles. The second-order valence-electron chi connectivity index (χ2n) is 7.59. The van der Waals surface area contributed by atoms with Crippen LogP contribution >= 0.6 is 0 Å². The minimum absolute atomic E-state index is 0.0594. The Balaban J connectivity index is 1.69. The third kappa shape index (κ3) is 4.19. The average Bonchev–Trinajstić information content (AvgIpc) is 3.02. The highest BCUT2D eigenvalue weighted by Crippen LogP contribution is 2.22. The Kier molecular flexibility index (Phi) is 5.04. The number of carbonyl (C=O) groups is 1. The number of hydrogen-bond donors (Lipinski definition) is 0. The largest absolute Gasteiger partial charge is 0.444 e. The van der Waals surface area contributed by atoms with Crippen LogP contribution in [-0.2, 0) is 4.74 Å². The van der Waals surface area contributed by atoms with E-state index in [0.29, 0.717) is 37.2 Å². The van der Waals surface area contributed by atoms with E-state index in [4.69, 9.17) is 10.00 Å². The van der Waals surface area contributed by atoms with Gasteiger partial charge in [0, 0.05) is 13.1 Å². The number of amides is 1. The summed E-state index contributed by atoms with van der Waals surface area (Å²) in [6, 6.07) is 8.76. The first kappa shape index (κ1) is 18.7. The van der Waals surface area contributed by atoms with Crippen LogP contribution in [0.25, 0.3) is 5.69 Å². The molecule has 1 aromatic heterocycles. The molecule has 27 heavy (non-hydrogen) atoms. The van der Waals surface area contributed by atoms with Gasteiger partial charge < -0.3 is 9.64 Å². The molecule has 0 N–H and O–H groups in total. The van der Waals surface area contributed by atoms with Crippen LogP contribution < -0.4 is 5.69 Å². The first-order valence-corrected chi connectivity index (χ1v) is 8.93. The van der Waals surface area contributed by atoms with Gasteiger partial charge in [0.05, 0.1) is 23.4 Å². The minimum Gasteiger partial charge on any atom is -0.444 e. The quantitative estimate of drug-likeness (QED) is 0.811. The van der Waals surface area contributed by atoms with Crippen LogP contribution in [0, 0.1) is 11.3 Å². The molecular weight excluding hydrogens is 346 g/mol. The smallest absolute Gasteiger partial charge is 0.410 e. The van der Waals surface area contributed by atoms with Gasteiger partial charge in [-0.3, -0.25) is 0 Å². The highest BCUT2D eigenvalue weighted by Gasteiger charge is 2.29. The first-order chi connectivity index (χ1) is 12.8. The fourth-order valence-corrected chi connectivity index (χ4v) is 3.06. The zero-order chi connectivity index (χ0) is 19.6. The van der Waals surface area contributed by atoms with Crippen molar-refractivity contribution < 1.29 is 9.53 Å². The molecule has 0 unspecified atom stereocenters. The Morgan fingerprint density at radius 1 is 1.22 bits per heavy atom. The van der Waals surface area contributed by atoms with E-state index in [2.05, 4.69) is 11.2 Å². The molecule has 0 spiro atoms. The van der Waals surface area contributed by atoms with Crippen molar-refractivity contribution in [3.8, 4) is 11.8 Å². The van der Waals surface area contributed by atoms with Gasteiger partial charge in [-0.25, -0.2) is 18.8 Å². The number of likely N-dealkylation sites (tertiary alicyclic amines) is 1. The molecule has 2 heterocycles. The van der Waals surface area contributed by atoms with Gasteiger partial charge >= 0.3 is 11.8 Å². The second kappa shape index (κ2) is 7.27. The fraction of sp³-hybridized carbons (Fsp3) is 0.474. The number of aromatic nitrogens is 3. The van der Waals surface area contributed by atoms with E-state index in [1.54, 1.807) is 29.2 Å². The van der Waals surface area contributed by atoms with E-state index < -0.39 is 5.60 Å². The monoisotopic (exact) mass is 369 g/mol. The van der Waals surface area contributed by atoms with Gasteiger partial charge in [-0.15, -0.1) is 0 Å². The molecule has 3 rings (SSSR count). The molecule has 1 fully saturated rings. The van der Waals surface area contributed by atoms with E-state index >= 15 is 0 Å². The standard InChI is InChI=1S/C19H23N5O3/c1-19(2,3)27-18(26)22-10-8-16(9-11-22)24-17(25)23(13-21-24)15-6-4-14(12-20)5-7-15/h4-7,13,16H,8-11H2,1-3H3. The number of hydrogen-bond acceptors (Lipinski definition) is 5. The van der Waals surface area contributed by atoms with Gasteiger partial charge in [0.15, 0.2) is 0 Å². The molecule has 0 bridgehead atoms. The number of nitrogens with zero attached hydrogens (tertiary/aromatic N) is 5. The predicted molar refractivity (Wildman–Crippen MR) is 98.6 cm³/mol. The zero-order valence-corrected chi connectivity index (χ0v) is 15.8. The molecule has 1 amide bonds. The predicted octanol–water partition coefficient (Wildman–Crippen LogP) is 2.48. The summed E-state index contributed by atoms with van der Waals surface area (Å²) in [5.41, 5.74) is 0.450. The number of benzene rings is 1. The van der Waals surface area contributed by atoms with Crippen molar-refractivity contribution >= 4 is 6.09 Å². The molecule has 0 atom stereocenters. The topological polar surface area (TPSA) is 93.2 Å². The van der Waals surface area contributed by atoms with Crippen LogP contribution in [-0.4, -0.2) is 44.0 Å². The molecular formula is C19H23N5O3. The van der Waals surface area contributed by atoms with E-state index in [0.717, 1.165) is 0 Å². The van der Waals surface area contributed by atoms with Crippen molar-refractivity contribution in [3.63, 3.8) is 0 Å². The number of nitriles is 1. The van der Waals surface area contributed by atoms with Crippen LogP contribution in [0.1, 0.15) is 45.2 Å². The van der Waals surface area contributed by atoms with Crippen molar-refractivity contribution in [3.05, 3.63) is 46.6 Å². The maximum absolute atomic E-state index is 12.7. The Labute approximate surface area is 157 Å². The molecule has 8 heteroatoms. The summed E-state index contributed by atoms with van der Waals surface area (Å²) in [6.45, 7) is 6.57. The molecule has 8 nitrogen and oxygen atoms in total. The molecule has 142 valence electrons. The first-order valence-electron chi connectivity index (χ1n) is 8.93. The summed E-state index contributed by atoms with van der Waals surface area (Å²) in [7, 11) is 0. The summed E-state index contributed by atoms with van der Waals surface area (Å²) in [6.07, 6.45) is 2.45. The lowest BCUT2D eigenvalue weighted by Gasteiger charge is -2.33. The van der Waals surface area contributed by atoms with Crippen LogP contribution in [0.5, 0.6) is 0 Å². The van der Waals surface area contributed by atoms with E-state index in [-0.39, 0.29) is 17.8 Å². The van der Waals surface area contributed by atoms with Crippen LogP contribution in [0.3, 0.4) is 0 Å². The molecule has 0 aliphatic carbocycles. The molecule has 0 radical (unpaired) electrons. The molecule has 2 aromatic rings. The summed E-state index contributed by atoms with van der Waals surface area (Å²) < 4.78 is 8.34. The van der Waals surface area contributed by atoms with Crippen molar-refractivity contribution in [1.82, 2.24) is 19.2 Å². The minimum atomic E-state index is -0.523.